The van der Waals surface area contributed by atoms with Crippen LogP contribution in [0.5, 0.6) is 0 Å². The third-order valence-corrected chi connectivity index (χ3v) is 3.02. The summed E-state index contributed by atoms with van der Waals surface area (Å²) in [6.07, 6.45) is 3.85. The van der Waals surface area contributed by atoms with E-state index in [2.05, 4.69) is 38.7 Å². The van der Waals surface area contributed by atoms with Gasteiger partial charge in [0.1, 0.15) is 0 Å². The summed E-state index contributed by atoms with van der Waals surface area (Å²) < 4.78 is 0. The molecule has 1 heterocycles. The second-order valence-corrected chi connectivity index (χ2v) is 4.77. The smallest absolute Gasteiger partial charge is 0.222 e. The number of hydrogen-bond donors (Lipinski definition) is 2. The number of benzene rings is 2. The van der Waals surface area contributed by atoms with Crippen LogP contribution in [0.25, 0.3) is 17.1 Å². The van der Waals surface area contributed by atoms with Crippen LogP contribution in [0.15, 0.2) is 65.3 Å². The van der Waals surface area contributed by atoms with E-state index >= 15 is 0 Å². The molecule has 3 rings (SSSR count). The van der Waals surface area contributed by atoms with Crippen molar-refractivity contribution < 1.29 is 0 Å². The maximum Gasteiger partial charge on any atom is 0.222 e. The Morgan fingerprint density at radius 1 is 1.10 bits per heavy atom. The van der Waals surface area contributed by atoms with Gasteiger partial charge in [-0.25, -0.2) is 10.4 Å². The van der Waals surface area contributed by atoms with Crippen molar-refractivity contribution in [3.05, 3.63) is 65.7 Å². The minimum atomic E-state index is 0.639. The van der Waals surface area contributed by atoms with E-state index in [1.165, 1.54) is 0 Å². The number of hydrogen-bond acceptors (Lipinski definition) is 3. The summed E-state index contributed by atoms with van der Waals surface area (Å²) in [4.78, 5) is 7.56. The molecule has 104 valence electrons. The van der Waals surface area contributed by atoms with Gasteiger partial charge in [-0.1, -0.05) is 48.5 Å². The number of H-pyrrole nitrogens is 1. The summed E-state index contributed by atoms with van der Waals surface area (Å²) in [5.74, 6) is 0.639. The average Bonchev–Trinajstić information content (AvgIpc) is 2.91. The molecule has 1 aromatic heterocycles. The summed E-state index contributed by atoms with van der Waals surface area (Å²) in [5.41, 5.74) is 7.05. The Hall–Kier alpha value is -2.88. The SMILES string of the molecule is CC(/C=N/Nc1nc2ccccc2[nH]1)=C\c1ccccc1. The quantitative estimate of drug-likeness (QED) is 0.557. The zero-order valence-corrected chi connectivity index (χ0v) is 11.7. The summed E-state index contributed by atoms with van der Waals surface area (Å²) >= 11 is 0. The molecule has 0 saturated heterocycles. The largest absolute Gasteiger partial charge is 0.323 e. The minimum Gasteiger partial charge on any atom is -0.323 e. The van der Waals surface area contributed by atoms with Crippen LogP contribution >= 0.6 is 0 Å². The van der Waals surface area contributed by atoms with Crippen LogP contribution in [0.3, 0.4) is 0 Å². The van der Waals surface area contributed by atoms with E-state index in [1.807, 2.05) is 49.4 Å². The number of nitrogens with one attached hydrogen (secondary N) is 2. The second kappa shape index (κ2) is 6.05. The Balaban J connectivity index is 1.67. The van der Waals surface area contributed by atoms with Crippen molar-refractivity contribution in [2.45, 2.75) is 6.92 Å². The summed E-state index contributed by atoms with van der Waals surface area (Å²) in [6, 6.07) is 18.0. The van der Waals surface area contributed by atoms with Crippen LogP contribution in [-0.4, -0.2) is 16.2 Å². The van der Waals surface area contributed by atoms with Gasteiger partial charge in [-0.05, 0) is 30.2 Å². The van der Waals surface area contributed by atoms with Gasteiger partial charge in [0.2, 0.25) is 5.95 Å². The molecule has 0 spiro atoms. The van der Waals surface area contributed by atoms with E-state index in [9.17, 15) is 0 Å². The monoisotopic (exact) mass is 276 g/mol. The van der Waals surface area contributed by atoms with Crippen LogP contribution in [0.4, 0.5) is 5.95 Å². The normalized spacial score (nSPS) is 12.1. The first kappa shape index (κ1) is 13.1. The maximum atomic E-state index is 4.39. The molecule has 0 aliphatic heterocycles. The topological polar surface area (TPSA) is 53.1 Å². The summed E-state index contributed by atoms with van der Waals surface area (Å²) in [5, 5.41) is 4.20. The van der Waals surface area contributed by atoms with Crippen molar-refractivity contribution in [1.82, 2.24) is 9.97 Å². The zero-order valence-electron chi connectivity index (χ0n) is 11.7. The predicted molar refractivity (Wildman–Crippen MR) is 88.3 cm³/mol. The third kappa shape index (κ3) is 3.36. The van der Waals surface area contributed by atoms with E-state index < -0.39 is 0 Å². The molecule has 21 heavy (non-hydrogen) atoms. The van der Waals surface area contributed by atoms with Gasteiger partial charge in [0.15, 0.2) is 0 Å². The molecule has 0 fully saturated rings. The van der Waals surface area contributed by atoms with Gasteiger partial charge >= 0.3 is 0 Å². The Kier molecular flexibility index (Phi) is 3.78. The van der Waals surface area contributed by atoms with Crippen molar-refractivity contribution in [3.63, 3.8) is 0 Å². The fourth-order valence-electron chi connectivity index (χ4n) is 2.05. The third-order valence-electron chi connectivity index (χ3n) is 3.02. The molecular weight excluding hydrogens is 260 g/mol. The lowest BCUT2D eigenvalue weighted by atomic mass is 10.1. The standard InChI is InChI=1S/C17H16N4/c1-13(11-14-7-3-2-4-8-14)12-18-21-17-19-15-9-5-6-10-16(15)20-17/h2-12H,1H3,(H2,19,20,21)/b13-11+,18-12+. The zero-order chi connectivity index (χ0) is 14.5. The van der Waals surface area contributed by atoms with Gasteiger partial charge in [-0.3, -0.25) is 0 Å². The molecule has 0 saturated carbocycles. The minimum absolute atomic E-state index is 0.639. The molecule has 0 atom stereocenters. The fourth-order valence-corrected chi connectivity index (χ4v) is 2.05. The Morgan fingerprint density at radius 2 is 1.86 bits per heavy atom. The van der Waals surface area contributed by atoms with E-state index in [-0.39, 0.29) is 0 Å². The lowest BCUT2D eigenvalue weighted by Gasteiger charge is -1.95. The first-order valence-corrected chi connectivity index (χ1v) is 6.78. The molecule has 3 aromatic rings. The van der Waals surface area contributed by atoms with Crippen molar-refractivity contribution >= 4 is 29.3 Å². The van der Waals surface area contributed by atoms with Crippen molar-refractivity contribution in [2.24, 2.45) is 5.10 Å². The number of imidazole rings is 1. The fraction of sp³-hybridized carbons (Fsp3) is 0.0588. The number of aromatic amines is 1. The number of aromatic nitrogens is 2. The molecule has 0 aliphatic rings. The molecule has 0 amide bonds. The number of rotatable bonds is 4. The van der Waals surface area contributed by atoms with Crippen LogP contribution < -0.4 is 5.43 Å². The number of nitrogens with zero attached hydrogens (tertiary/aromatic N) is 2. The average molecular weight is 276 g/mol. The van der Waals surface area contributed by atoms with E-state index in [4.69, 9.17) is 0 Å². The first-order chi connectivity index (χ1) is 10.3. The number of fused-ring (bicyclic) bond motifs is 1. The van der Waals surface area contributed by atoms with Gasteiger partial charge < -0.3 is 4.98 Å². The highest BCUT2D eigenvalue weighted by molar-refractivity contribution is 5.85. The van der Waals surface area contributed by atoms with Gasteiger partial charge in [0.25, 0.3) is 0 Å². The van der Waals surface area contributed by atoms with E-state index in [0.717, 1.165) is 22.2 Å². The molecule has 0 unspecified atom stereocenters. The van der Waals surface area contributed by atoms with E-state index in [1.54, 1.807) is 6.21 Å². The van der Waals surface area contributed by atoms with Gasteiger partial charge in [0, 0.05) is 0 Å². The Labute approximate surface area is 123 Å². The van der Waals surface area contributed by atoms with Crippen molar-refractivity contribution in [2.75, 3.05) is 5.43 Å². The van der Waals surface area contributed by atoms with Crippen molar-refractivity contribution in [3.8, 4) is 0 Å². The molecular formula is C17H16N4. The van der Waals surface area contributed by atoms with Gasteiger partial charge in [-0.2, -0.15) is 5.10 Å². The molecule has 0 aliphatic carbocycles. The lowest BCUT2D eigenvalue weighted by molar-refractivity contribution is 1.21. The highest BCUT2D eigenvalue weighted by Crippen LogP contribution is 2.13. The van der Waals surface area contributed by atoms with Crippen LogP contribution in [0.1, 0.15) is 12.5 Å². The van der Waals surface area contributed by atoms with Gasteiger partial charge in [0.05, 0.1) is 17.2 Å². The number of anilines is 1. The molecule has 4 heteroatoms. The maximum absolute atomic E-state index is 4.39. The molecule has 2 N–H and O–H groups in total. The van der Waals surface area contributed by atoms with Crippen LogP contribution in [-0.2, 0) is 0 Å². The Morgan fingerprint density at radius 3 is 2.67 bits per heavy atom. The Bertz CT molecular complexity index is 752. The first-order valence-electron chi connectivity index (χ1n) is 6.78. The van der Waals surface area contributed by atoms with Crippen LogP contribution in [0.2, 0.25) is 0 Å². The lowest BCUT2D eigenvalue weighted by Crippen LogP contribution is -1.91. The highest BCUT2D eigenvalue weighted by atomic mass is 15.3. The molecule has 0 radical (unpaired) electrons. The number of hydrazone groups is 1. The summed E-state index contributed by atoms with van der Waals surface area (Å²) in [7, 11) is 0. The molecule has 4 nitrogen and oxygen atoms in total. The molecule has 0 bridgehead atoms. The van der Waals surface area contributed by atoms with Gasteiger partial charge in [-0.15, -0.1) is 0 Å². The van der Waals surface area contributed by atoms with Crippen molar-refractivity contribution in [1.29, 1.82) is 0 Å². The molecule has 2 aromatic carbocycles. The highest BCUT2D eigenvalue weighted by Gasteiger charge is 1.99. The number of allylic oxidation sites excluding steroid dienone is 1. The summed E-state index contributed by atoms with van der Waals surface area (Å²) in [6.45, 7) is 2.01. The van der Waals surface area contributed by atoms with E-state index in [0.29, 0.717) is 5.95 Å². The number of para-hydroxylation sites is 2. The van der Waals surface area contributed by atoms with Crippen LogP contribution in [0, 0.1) is 0 Å². The second-order valence-electron chi connectivity index (χ2n) is 4.77. The predicted octanol–water partition coefficient (Wildman–Crippen LogP) is 4.06.